The van der Waals surface area contributed by atoms with Crippen molar-refractivity contribution in [2.75, 3.05) is 42.3 Å². The molecule has 5 rings (SSSR count). The fourth-order valence-electron chi connectivity index (χ4n) is 4.63. The number of ether oxygens (including phenoxy) is 1. The number of hydrogen-bond donors (Lipinski definition) is 7. The molecule has 252 valence electrons. The first-order valence-corrected chi connectivity index (χ1v) is 15.8. The van der Waals surface area contributed by atoms with E-state index in [1.54, 1.807) is 48.5 Å². The maximum Gasteiger partial charge on any atom is 0.251 e. The van der Waals surface area contributed by atoms with E-state index in [2.05, 4.69) is 41.5 Å². The quantitative estimate of drug-likeness (QED) is 0.0561. The Morgan fingerprint density at radius 2 is 1.22 bits per heavy atom. The Morgan fingerprint density at radius 1 is 0.673 bits per heavy atom. The van der Waals surface area contributed by atoms with Gasteiger partial charge in [-0.2, -0.15) is 15.0 Å². The number of hydrogen-bond acceptors (Lipinski definition) is 11. The van der Waals surface area contributed by atoms with Gasteiger partial charge in [-0.1, -0.05) is 60.7 Å². The largest absolute Gasteiger partial charge is 0.508 e. The summed E-state index contributed by atoms with van der Waals surface area (Å²) in [5, 5.41) is 24.8. The normalized spacial score (nSPS) is 11.3. The highest BCUT2D eigenvalue weighted by atomic mass is 16.5. The second kappa shape index (κ2) is 17.8. The van der Waals surface area contributed by atoms with Crippen LogP contribution >= 0.6 is 0 Å². The van der Waals surface area contributed by atoms with Crippen LogP contribution in [0.5, 0.6) is 5.75 Å². The predicted molar refractivity (Wildman–Crippen MR) is 189 cm³/mol. The fraction of sp³-hybridized carbons (Fsp3) is 0.194. The van der Waals surface area contributed by atoms with Gasteiger partial charge < -0.3 is 42.2 Å². The summed E-state index contributed by atoms with van der Waals surface area (Å²) in [6, 6.07) is 32.2. The van der Waals surface area contributed by atoms with Crippen LogP contribution in [0.1, 0.15) is 21.5 Å². The number of anilines is 5. The summed E-state index contributed by atoms with van der Waals surface area (Å²) in [4.78, 5) is 38.4. The van der Waals surface area contributed by atoms with Crippen LogP contribution in [-0.2, 0) is 22.5 Å². The van der Waals surface area contributed by atoms with Gasteiger partial charge in [0, 0.05) is 36.6 Å². The van der Waals surface area contributed by atoms with Crippen molar-refractivity contribution in [3.05, 3.63) is 126 Å². The third kappa shape index (κ3) is 11.3. The van der Waals surface area contributed by atoms with Crippen LogP contribution in [0.15, 0.2) is 109 Å². The molecule has 1 heterocycles. The van der Waals surface area contributed by atoms with Crippen LogP contribution in [0.25, 0.3) is 0 Å². The number of aromatic nitrogens is 3. The van der Waals surface area contributed by atoms with E-state index in [-0.39, 0.29) is 29.5 Å². The molecule has 1 aromatic heterocycles. The third-order valence-electron chi connectivity index (χ3n) is 7.17. The molecule has 4 aromatic carbocycles. The smallest absolute Gasteiger partial charge is 0.251 e. The molecule has 0 saturated heterocycles. The number of amides is 2. The Morgan fingerprint density at radius 3 is 1.86 bits per heavy atom. The minimum atomic E-state index is -0.637. The Labute approximate surface area is 284 Å². The lowest BCUT2D eigenvalue weighted by Crippen LogP contribution is -2.43. The standard InChI is InChI=1S/C36H39N9O4/c37-31(23-25-7-3-1-4-8-25)33(48)38-19-21-49-22-20-39-34-43-35(45-36(44-34)42-29-15-17-30(46)18-16-29)41-28-13-11-27(12-14-28)32(47)40-24-26-9-5-2-6-10-26/h1-18,31,46H,19-24,37H2,(H,38,48)(H,40,47)(H3,39,41,42,43,44,45)/t31-/m1/s1. The summed E-state index contributed by atoms with van der Waals surface area (Å²) in [5.74, 6) is 0.537. The highest BCUT2D eigenvalue weighted by Crippen LogP contribution is 2.21. The molecule has 0 aliphatic carbocycles. The number of carbonyl (C=O) groups excluding carboxylic acids is 2. The molecule has 13 heteroatoms. The van der Waals surface area contributed by atoms with Crippen molar-refractivity contribution in [3.8, 4) is 5.75 Å². The van der Waals surface area contributed by atoms with E-state index in [9.17, 15) is 14.7 Å². The van der Waals surface area contributed by atoms with Crippen molar-refractivity contribution < 1.29 is 19.4 Å². The first kappa shape index (κ1) is 34.3. The van der Waals surface area contributed by atoms with Crippen LogP contribution in [0, 0.1) is 0 Å². The van der Waals surface area contributed by atoms with E-state index in [1.165, 1.54) is 0 Å². The third-order valence-corrected chi connectivity index (χ3v) is 7.17. The molecule has 1 atom stereocenters. The van der Waals surface area contributed by atoms with Crippen molar-refractivity contribution in [2.45, 2.75) is 19.0 Å². The van der Waals surface area contributed by atoms with Gasteiger partial charge in [-0.15, -0.1) is 0 Å². The Kier molecular flexibility index (Phi) is 12.4. The molecular weight excluding hydrogens is 622 g/mol. The topological polar surface area (TPSA) is 188 Å². The summed E-state index contributed by atoms with van der Waals surface area (Å²) in [5.41, 5.74) is 9.90. The Bertz CT molecular complexity index is 1780. The summed E-state index contributed by atoms with van der Waals surface area (Å²) in [7, 11) is 0. The van der Waals surface area contributed by atoms with E-state index in [0.29, 0.717) is 62.2 Å². The minimum absolute atomic E-state index is 0.137. The lowest BCUT2D eigenvalue weighted by Gasteiger charge is -2.13. The zero-order chi connectivity index (χ0) is 34.3. The number of carbonyl (C=O) groups is 2. The van der Waals surface area contributed by atoms with Gasteiger partial charge in [0.1, 0.15) is 5.75 Å². The number of nitrogens with one attached hydrogen (secondary N) is 5. The molecule has 0 saturated carbocycles. The van der Waals surface area contributed by atoms with Crippen LogP contribution < -0.4 is 32.3 Å². The second-order valence-corrected chi connectivity index (χ2v) is 11.0. The molecule has 0 spiro atoms. The average molecular weight is 662 g/mol. The fourth-order valence-corrected chi connectivity index (χ4v) is 4.63. The van der Waals surface area contributed by atoms with Crippen LogP contribution in [0.3, 0.4) is 0 Å². The molecule has 0 fully saturated rings. The maximum atomic E-state index is 12.6. The average Bonchev–Trinajstić information content (AvgIpc) is 3.12. The zero-order valence-electron chi connectivity index (χ0n) is 26.8. The minimum Gasteiger partial charge on any atom is -0.508 e. The number of nitrogens with two attached hydrogens (primary N) is 1. The Balaban J connectivity index is 1.12. The number of benzene rings is 4. The van der Waals surface area contributed by atoms with Crippen molar-refractivity contribution >= 4 is 41.0 Å². The molecule has 0 aliphatic heterocycles. The molecule has 5 aromatic rings. The van der Waals surface area contributed by atoms with Gasteiger partial charge in [0.05, 0.1) is 19.3 Å². The van der Waals surface area contributed by atoms with Crippen LogP contribution in [0.2, 0.25) is 0 Å². The lowest BCUT2D eigenvalue weighted by atomic mass is 10.1. The molecule has 13 nitrogen and oxygen atoms in total. The molecule has 2 amide bonds. The van der Waals surface area contributed by atoms with Gasteiger partial charge in [0.25, 0.3) is 5.91 Å². The number of rotatable bonds is 17. The van der Waals surface area contributed by atoms with Gasteiger partial charge in [0.2, 0.25) is 23.8 Å². The molecule has 0 radical (unpaired) electrons. The molecular formula is C36H39N9O4. The van der Waals surface area contributed by atoms with E-state index in [1.807, 2.05) is 60.7 Å². The maximum absolute atomic E-state index is 12.6. The molecule has 49 heavy (non-hydrogen) atoms. The highest BCUT2D eigenvalue weighted by Gasteiger charge is 2.13. The Hall–Kier alpha value is -6.05. The predicted octanol–water partition coefficient (Wildman–Crippen LogP) is 4.11. The van der Waals surface area contributed by atoms with Gasteiger partial charge in [-0.05, 0) is 66.1 Å². The zero-order valence-corrected chi connectivity index (χ0v) is 26.8. The van der Waals surface area contributed by atoms with Crippen molar-refractivity contribution in [1.82, 2.24) is 25.6 Å². The van der Waals surface area contributed by atoms with E-state index in [0.717, 1.165) is 11.1 Å². The van der Waals surface area contributed by atoms with Gasteiger partial charge in [-0.3, -0.25) is 9.59 Å². The summed E-state index contributed by atoms with van der Waals surface area (Å²) < 4.78 is 5.66. The van der Waals surface area contributed by atoms with Gasteiger partial charge >= 0.3 is 0 Å². The molecule has 0 unspecified atom stereocenters. The molecule has 0 bridgehead atoms. The summed E-state index contributed by atoms with van der Waals surface area (Å²) in [6.45, 7) is 1.78. The van der Waals surface area contributed by atoms with E-state index in [4.69, 9.17) is 10.5 Å². The van der Waals surface area contributed by atoms with Crippen LogP contribution in [-0.4, -0.2) is 64.2 Å². The monoisotopic (exact) mass is 661 g/mol. The molecule has 0 aliphatic rings. The number of phenols is 1. The van der Waals surface area contributed by atoms with Crippen molar-refractivity contribution in [2.24, 2.45) is 5.73 Å². The van der Waals surface area contributed by atoms with Gasteiger partial charge in [-0.25, -0.2) is 0 Å². The summed E-state index contributed by atoms with van der Waals surface area (Å²) in [6.07, 6.45) is 0.460. The van der Waals surface area contributed by atoms with Crippen molar-refractivity contribution in [3.63, 3.8) is 0 Å². The SMILES string of the molecule is N[C@H](Cc1ccccc1)C(=O)NCCOCCNc1nc(Nc2ccc(O)cc2)nc(Nc2ccc(C(=O)NCc3ccccc3)cc2)n1. The first-order valence-electron chi connectivity index (χ1n) is 15.8. The van der Waals surface area contributed by atoms with Crippen LogP contribution in [0.4, 0.5) is 29.2 Å². The second-order valence-electron chi connectivity index (χ2n) is 11.0. The molecule has 8 N–H and O–H groups in total. The van der Waals surface area contributed by atoms with E-state index >= 15 is 0 Å². The highest BCUT2D eigenvalue weighted by molar-refractivity contribution is 5.94. The number of nitrogens with zero attached hydrogens (tertiary/aromatic N) is 3. The van der Waals surface area contributed by atoms with Gasteiger partial charge in [0.15, 0.2) is 0 Å². The first-order chi connectivity index (χ1) is 23.9. The van der Waals surface area contributed by atoms with E-state index < -0.39 is 6.04 Å². The number of aromatic hydroxyl groups is 1. The lowest BCUT2D eigenvalue weighted by molar-refractivity contribution is -0.122. The summed E-state index contributed by atoms with van der Waals surface area (Å²) >= 11 is 0. The van der Waals surface area contributed by atoms with Crippen molar-refractivity contribution in [1.29, 1.82) is 0 Å². The number of phenolic OH excluding ortho intramolecular Hbond substituents is 1.